The van der Waals surface area contributed by atoms with E-state index in [2.05, 4.69) is 186 Å². The quantitative estimate of drug-likeness (QED) is 0.132. The Labute approximate surface area is 557 Å². The van der Waals surface area contributed by atoms with E-state index in [1.165, 1.54) is 99.0 Å². The third kappa shape index (κ3) is 528. The number of nitrogens with zero attached hydrogens (tertiary/aromatic N) is 1. The van der Waals surface area contributed by atoms with Gasteiger partial charge in [0.15, 0.2) is 0 Å². The van der Waals surface area contributed by atoms with Crippen molar-refractivity contribution in [3.05, 3.63) is 71.8 Å². The van der Waals surface area contributed by atoms with Gasteiger partial charge in [0, 0.05) is 26.1 Å². The molecule has 1 aliphatic heterocycles. The van der Waals surface area contributed by atoms with Gasteiger partial charge in [0.2, 0.25) is 5.91 Å². The van der Waals surface area contributed by atoms with Crippen LogP contribution in [0.25, 0.3) is 0 Å². The van der Waals surface area contributed by atoms with E-state index in [0.717, 1.165) is 49.6 Å². The SMILES string of the molecule is C=O.C=O.C=O.C=O.C=O.C=O.C=O.C=O.C=O.C=O.C=O.CC.CC(=O)N1CCCCC1.CC(C)C.CC(C)O.CCC(C)C.CCC(C)C.CCC(C)C.CCc1ccccc1.CCc1ccccc1.CN.CN.CN.CN.CN.CN.CN.N.N.N.N. The molecule has 1 aliphatic rings. The topological polar surface area (TPSA) is 550 Å². The first kappa shape index (κ1) is 185. The third-order valence-electron chi connectivity index (χ3n) is 6.75. The Morgan fingerprint density at radius 2 is 0.489 bits per heavy atom. The molecule has 0 radical (unpaired) electrons. The summed E-state index contributed by atoms with van der Waals surface area (Å²) in [4.78, 5) is 101. The molecule has 0 aromatic heterocycles. The largest absolute Gasteiger partial charge is 0.394 e. The number of carbonyl (C=O) groups excluding carboxylic acids is 12. The molecule has 0 spiro atoms. The van der Waals surface area contributed by atoms with Crippen molar-refractivity contribution in [3.63, 3.8) is 0 Å². The summed E-state index contributed by atoms with van der Waals surface area (Å²) in [6.45, 7) is 63.8. The maximum absolute atomic E-state index is 10.7. The summed E-state index contributed by atoms with van der Waals surface area (Å²) in [7, 11) is 10.5. The third-order valence-corrected chi connectivity index (χ3v) is 6.75. The average molecular weight is 1320 g/mol. The van der Waals surface area contributed by atoms with Crippen LogP contribution >= 0.6 is 0 Å². The zero-order valence-electron chi connectivity index (χ0n) is 63.7. The zero-order valence-corrected chi connectivity index (χ0v) is 63.7. The first-order valence-corrected chi connectivity index (χ1v) is 27.7. The first-order valence-electron chi connectivity index (χ1n) is 27.7. The molecule has 0 bridgehead atoms. The van der Waals surface area contributed by atoms with Crippen LogP contribution < -0.4 is 64.7 Å². The second kappa shape index (κ2) is 333. The van der Waals surface area contributed by atoms with Gasteiger partial charge in [-0.05, 0) is 130 Å². The van der Waals surface area contributed by atoms with Crippen LogP contribution in [0.5, 0.6) is 0 Å². The van der Waals surface area contributed by atoms with Crippen molar-refractivity contribution < 1.29 is 62.6 Å². The molecular weight excluding hydrogens is 1160 g/mol. The minimum absolute atomic E-state index is 0. The van der Waals surface area contributed by atoms with Crippen LogP contribution in [0, 0.1) is 23.7 Å². The number of benzene rings is 2. The molecule has 0 saturated carbocycles. The monoisotopic (exact) mass is 1320 g/mol. The standard InChI is InChI=1S/2C8H10.C7H13NO.3C5H12.C4H10.C3H8O.C2H6.7CH5N.11CH2O.4H3N/c2*1-2-8-6-4-3-5-7-8;1-7(9)8-5-3-2-4-6-8;3*1-4-5(2)3;1-4(2)3;1-3(2)4;19*1-2;;;;/h2*3-7H,2H2,1H3;2-6H2,1H3;3*5H,4H2,1-3H3;4H,1-3H3;3-4H,1-2H3;1-2H3;7*2H2,1H3;11*1H2;4*1H3. The van der Waals surface area contributed by atoms with Gasteiger partial charge in [0.05, 0.1) is 0 Å². The maximum atomic E-state index is 10.7. The number of carbonyl (C=O) groups is 12. The van der Waals surface area contributed by atoms with Crippen LogP contribution in [0.2, 0.25) is 0 Å². The van der Waals surface area contributed by atoms with E-state index in [1.807, 2.05) is 106 Å². The second-order valence-corrected chi connectivity index (χ2v) is 14.5. The van der Waals surface area contributed by atoms with Crippen molar-refractivity contribution in [1.29, 1.82) is 0 Å². The molecule has 1 saturated heterocycles. The van der Waals surface area contributed by atoms with E-state index >= 15 is 0 Å². The first-order chi connectivity index (χ1) is 41.4. The summed E-state index contributed by atoms with van der Waals surface area (Å²) in [5.74, 6) is 3.72. The zero-order chi connectivity index (χ0) is 76.3. The molecule has 0 atom stereocenters. The highest BCUT2D eigenvalue weighted by Crippen LogP contribution is 2.07. The van der Waals surface area contributed by atoms with Crippen LogP contribution in [-0.4, -0.2) is 159 Å². The molecule has 3 rings (SSSR count). The van der Waals surface area contributed by atoms with Crippen molar-refractivity contribution in [3.8, 4) is 0 Å². The summed E-state index contributed by atoms with van der Waals surface area (Å²) in [6, 6.07) is 20.9. The summed E-state index contributed by atoms with van der Waals surface area (Å²) >= 11 is 0. The fourth-order valence-electron chi connectivity index (χ4n) is 2.64. The van der Waals surface area contributed by atoms with Crippen molar-refractivity contribution in [2.75, 3.05) is 62.4 Å². The van der Waals surface area contributed by atoms with Gasteiger partial charge < -0.3 is 127 Å². The number of aryl methyl sites for hydroxylation is 2. The van der Waals surface area contributed by atoms with Crippen LogP contribution in [-0.2, 0) is 70.4 Å². The van der Waals surface area contributed by atoms with Gasteiger partial charge in [-0.15, -0.1) is 0 Å². The molecule has 2 aromatic carbocycles. The summed E-state index contributed by atoms with van der Waals surface area (Å²) in [5, 5.41) is 8.06. The molecule has 1 amide bonds. The van der Waals surface area contributed by atoms with Crippen molar-refractivity contribution in [2.24, 2.45) is 63.8 Å². The number of hydrogen-bond donors (Lipinski definition) is 12. The molecule has 2 aromatic rings. The highest BCUT2D eigenvalue weighted by atomic mass is 16.3. The lowest BCUT2D eigenvalue weighted by molar-refractivity contribution is -0.129. The minimum Gasteiger partial charge on any atom is -0.394 e. The van der Waals surface area contributed by atoms with Crippen LogP contribution in [0.15, 0.2) is 60.7 Å². The van der Waals surface area contributed by atoms with Gasteiger partial charge in [-0.1, -0.05) is 191 Å². The molecule has 0 aliphatic carbocycles. The molecule has 1 fully saturated rings. The van der Waals surface area contributed by atoms with Gasteiger partial charge in [-0.25, -0.2) is 0 Å². The highest BCUT2D eigenvalue weighted by molar-refractivity contribution is 5.73. The molecule has 27 N–H and O–H groups in total. The van der Waals surface area contributed by atoms with Gasteiger partial charge in [0.25, 0.3) is 0 Å². The minimum atomic E-state index is -0.167. The van der Waals surface area contributed by atoms with Gasteiger partial charge >= 0.3 is 0 Å². The number of likely N-dealkylation sites (tertiary alicyclic amines) is 1. The molecule has 25 heteroatoms. The van der Waals surface area contributed by atoms with Crippen LogP contribution in [0.1, 0.15) is 181 Å². The number of hydrogen-bond acceptors (Lipinski definition) is 24. The Hall–Kier alpha value is -6.20. The maximum Gasteiger partial charge on any atom is 0.219 e. The fourth-order valence-corrected chi connectivity index (χ4v) is 2.64. The van der Waals surface area contributed by atoms with E-state index in [-0.39, 0.29) is 36.6 Å². The molecule has 1 heterocycles. The predicted molar refractivity (Wildman–Crippen MR) is 402 cm³/mol. The van der Waals surface area contributed by atoms with Crippen LogP contribution in [0.4, 0.5) is 0 Å². The smallest absolute Gasteiger partial charge is 0.219 e. The summed E-state index contributed by atoms with van der Waals surface area (Å²) < 4.78 is 0. The Balaban J connectivity index is -0.0000000175. The van der Waals surface area contributed by atoms with E-state index in [1.54, 1.807) is 20.8 Å². The summed E-state index contributed by atoms with van der Waals surface area (Å²) in [5.41, 5.74) is 34.3. The molecule has 560 valence electrons. The Kier molecular flexibility index (Phi) is 682. The number of nitrogens with two attached hydrogens (primary N) is 7. The second-order valence-electron chi connectivity index (χ2n) is 14.5. The van der Waals surface area contributed by atoms with Crippen molar-refractivity contribution >= 4 is 80.6 Å². The Bertz CT molecular complexity index is 967. The van der Waals surface area contributed by atoms with Gasteiger partial charge in [0.1, 0.15) is 74.7 Å². The summed E-state index contributed by atoms with van der Waals surface area (Å²) in [6.07, 6.45) is 9.71. The predicted octanol–water partition coefficient (Wildman–Crippen LogP) is 10.4. The normalized spacial score (nSPS) is 7.03. The van der Waals surface area contributed by atoms with E-state index in [9.17, 15) is 4.79 Å². The van der Waals surface area contributed by atoms with E-state index in [0.29, 0.717) is 0 Å². The molecular formula is C65H162N12O13. The molecule has 90 heavy (non-hydrogen) atoms. The number of rotatable bonds is 5. The molecule has 25 nitrogen and oxygen atoms in total. The number of amides is 1. The Morgan fingerprint density at radius 3 is 0.556 bits per heavy atom. The molecule has 0 unspecified atom stereocenters. The lowest BCUT2D eigenvalue weighted by atomic mass is 10.1. The van der Waals surface area contributed by atoms with E-state index < -0.39 is 0 Å². The highest BCUT2D eigenvalue weighted by Gasteiger charge is 2.11. The average Bonchev–Trinajstić information content (AvgIpc) is 3.62. The Morgan fingerprint density at radius 1 is 0.367 bits per heavy atom. The van der Waals surface area contributed by atoms with Gasteiger partial charge in [-0.2, -0.15) is 0 Å². The van der Waals surface area contributed by atoms with Crippen molar-refractivity contribution in [2.45, 2.75) is 189 Å². The van der Waals surface area contributed by atoms with Crippen molar-refractivity contribution in [1.82, 2.24) is 29.5 Å². The van der Waals surface area contributed by atoms with E-state index in [4.69, 9.17) is 57.8 Å². The lowest BCUT2D eigenvalue weighted by Gasteiger charge is -2.24. The number of aliphatic hydroxyl groups is 1. The fraction of sp³-hybridized carbons (Fsp3) is 0.631. The number of piperidine rings is 1. The van der Waals surface area contributed by atoms with Crippen LogP contribution in [0.3, 0.4) is 0 Å². The lowest BCUT2D eigenvalue weighted by Crippen LogP contribution is -2.33. The van der Waals surface area contributed by atoms with Gasteiger partial charge in [-0.3, -0.25) is 4.79 Å². The number of aliphatic hydroxyl groups excluding tert-OH is 1.